The van der Waals surface area contributed by atoms with Crippen molar-refractivity contribution in [3.05, 3.63) is 99.9 Å². The molecule has 1 heterocycles. The fourth-order valence-electron chi connectivity index (χ4n) is 3.75. The van der Waals surface area contributed by atoms with Crippen molar-refractivity contribution in [3.8, 4) is 5.69 Å². The average Bonchev–Trinajstić information content (AvgIpc) is 3.03. The van der Waals surface area contributed by atoms with Gasteiger partial charge in [0.15, 0.2) is 0 Å². The van der Waals surface area contributed by atoms with Crippen LogP contribution in [-0.4, -0.2) is 4.57 Å². The number of hydrogen-bond donors (Lipinski definition) is 1. The summed E-state index contributed by atoms with van der Waals surface area (Å²) < 4.78 is 4.40. The number of benzene rings is 4. The lowest BCUT2D eigenvalue weighted by molar-refractivity contribution is 1.17. The van der Waals surface area contributed by atoms with E-state index in [1.807, 2.05) is 18.2 Å². The molecule has 0 aliphatic heterocycles. The Balaban J connectivity index is 1.83. The first-order valence-corrected chi connectivity index (χ1v) is 10.6. The molecule has 136 valence electrons. The molecule has 0 saturated carbocycles. The summed E-state index contributed by atoms with van der Waals surface area (Å²) in [4.78, 5) is 0. The molecule has 1 N–H and O–H groups in total. The molecule has 2 nitrogen and oxygen atoms in total. The van der Waals surface area contributed by atoms with Crippen LogP contribution < -0.4 is 5.32 Å². The Hall–Kier alpha value is -2.56. The molecule has 0 spiro atoms. The van der Waals surface area contributed by atoms with Crippen molar-refractivity contribution < 1.29 is 0 Å². The molecule has 0 aliphatic carbocycles. The largest absolute Gasteiger partial charge is 0.355 e. The number of fused-ring (bicyclic) bond motifs is 3. The second-order valence-electron chi connectivity index (χ2n) is 6.67. The van der Waals surface area contributed by atoms with E-state index in [1.54, 1.807) is 0 Å². The van der Waals surface area contributed by atoms with Gasteiger partial charge in [0.05, 0.1) is 11.0 Å². The van der Waals surface area contributed by atoms with Gasteiger partial charge in [-0.25, -0.2) is 0 Å². The van der Waals surface area contributed by atoms with Crippen LogP contribution in [-0.2, 0) is 0 Å². The predicted molar refractivity (Wildman–Crippen MR) is 126 cm³/mol. The van der Waals surface area contributed by atoms with Gasteiger partial charge >= 0.3 is 0 Å². The van der Waals surface area contributed by atoms with Crippen LogP contribution in [0.4, 0.5) is 11.4 Å². The maximum absolute atomic E-state index is 3.63. The zero-order chi connectivity index (χ0) is 19.1. The van der Waals surface area contributed by atoms with Gasteiger partial charge in [-0.2, -0.15) is 0 Å². The lowest BCUT2D eigenvalue weighted by Crippen LogP contribution is -1.95. The first-order valence-electron chi connectivity index (χ1n) is 9.01. The SMILES string of the molecule is Brc1cc(Br)cc(-n2c3ccccc3c3c(Nc4ccccc4)cccc32)c1. The van der Waals surface area contributed by atoms with Crippen LogP contribution >= 0.6 is 31.9 Å². The van der Waals surface area contributed by atoms with Gasteiger partial charge in [-0.1, -0.05) is 74.3 Å². The first-order chi connectivity index (χ1) is 13.7. The lowest BCUT2D eigenvalue weighted by Gasteiger charge is -2.11. The third-order valence-corrected chi connectivity index (χ3v) is 5.77. The molecule has 1 aromatic heterocycles. The Morgan fingerprint density at radius 2 is 1.32 bits per heavy atom. The Bertz CT molecular complexity index is 1290. The summed E-state index contributed by atoms with van der Waals surface area (Å²) in [6.45, 7) is 0. The number of nitrogens with one attached hydrogen (secondary N) is 1. The molecular weight excluding hydrogens is 476 g/mol. The monoisotopic (exact) mass is 490 g/mol. The summed E-state index contributed by atoms with van der Waals surface area (Å²) in [6, 6.07) is 31.6. The van der Waals surface area contributed by atoms with Crippen molar-refractivity contribution in [1.29, 1.82) is 0 Å². The van der Waals surface area contributed by atoms with E-state index >= 15 is 0 Å². The molecule has 0 atom stereocenters. The van der Waals surface area contributed by atoms with Crippen molar-refractivity contribution in [2.45, 2.75) is 0 Å². The van der Waals surface area contributed by atoms with E-state index in [1.165, 1.54) is 21.8 Å². The van der Waals surface area contributed by atoms with Crippen LogP contribution in [0.1, 0.15) is 0 Å². The predicted octanol–water partition coefficient (Wildman–Crippen LogP) is 8.05. The average molecular weight is 492 g/mol. The van der Waals surface area contributed by atoms with Gasteiger partial charge < -0.3 is 9.88 Å². The number of anilines is 2. The van der Waals surface area contributed by atoms with Gasteiger partial charge in [-0.3, -0.25) is 0 Å². The highest BCUT2D eigenvalue weighted by Crippen LogP contribution is 2.38. The zero-order valence-corrected chi connectivity index (χ0v) is 18.0. The highest BCUT2D eigenvalue weighted by Gasteiger charge is 2.15. The number of aromatic nitrogens is 1. The molecule has 0 aliphatic rings. The number of para-hydroxylation sites is 2. The van der Waals surface area contributed by atoms with Crippen molar-refractivity contribution in [3.63, 3.8) is 0 Å². The minimum Gasteiger partial charge on any atom is -0.355 e. The van der Waals surface area contributed by atoms with E-state index in [9.17, 15) is 0 Å². The Morgan fingerprint density at radius 3 is 2.11 bits per heavy atom. The number of rotatable bonds is 3. The second kappa shape index (κ2) is 7.12. The quantitative estimate of drug-likeness (QED) is 0.270. The van der Waals surface area contributed by atoms with Crippen molar-refractivity contribution in [2.24, 2.45) is 0 Å². The minimum atomic E-state index is 1.04. The lowest BCUT2D eigenvalue weighted by atomic mass is 10.1. The summed E-state index contributed by atoms with van der Waals surface area (Å²) in [7, 11) is 0. The van der Waals surface area contributed by atoms with E-state index < -0.39 is 0 Å². The summed E-state index contributed by atoms with van der Waals surface area (Å²) in [5.41, 5.74) is 5.66. The minimum absolute atomic E-state index is 1.04. The number of halogens is 2. The zero-order valence-electron chi connectivity index (χ0n) is 14.9. The fraction of sp³-hybridized carbons (Fsp3) is 0. The van der Waals surface area contributed by atoms with Crippen LogP contribution in [0.3, 0.4) is 0 Å². The highest BCUT2D eigenvalue weighted by molar-refractivity contribution is 9.11. The molecule has 0 fully saturated rings. The maximum atomic E-state index is 3.63. The summed E-state index contributed by atoms with van der Waals surface area (Å²) in [6.07, 6.45) is 0. The second-order valence-corrected chi connectivity index (χ2v) is 8.50. The van der Waals surface area contributed by atoms with Gasteiger partial charge in [-0.15, -0.1) is 0 Å². The molecule has 0 radical (unpaired) electrons. The molecule has 0 unspecified atom stereocenters. The van der Waals surface area contributed by atoms with Crippen molar-refractivity contribution in [1.82, 2.24) is 4.57 Å². The Kier molecular flexibility index (Phi) is 4.46. The molecule has 4 aromatic carbocycles. The number of hydrogen-bond acceptors (Lipinski definition) is 1. The van der Waals surface area contributed by atoms with E-state index in [0.717, 1.165) is 26.0 Å². The summed E-state index contributed by atoms with van der Waals surface area (Å²) in [5.74, 6) is 0. The van der Waals surface area contributed by atoms with E-state index in [-0.39, 0.29) is 0 Å². The van der Waals surface area contributed by atoms with Crippen LogP contribution in [0, 0.1) is 0 Å². The van der Waals surface area contributed by atoms with Gasteiger partial charge in [0.25, 0.3) is 0 Å². The molecule has 28 heavy (non-hydrogen) atoms. The summed E-state index contributed by atoms with van der Waals surface area (Å²) in [5, 5.41) is 6.04. The van der Waals surface area contributed by atoms with Crippen LogP contribution in [0.25, 0.3) is 27.5 Å². The molecule has 4 heteroatoms. The normalized spacial score (nSPS) is 11.2. The van der Waals surface area contributed by atoms with Gasteiger partial charge in [0.2, 0.25) is 0 Å². The molecular formula is C24H16Br2N2. The van der Waals surface area contributed by atoms with Gasteiger partial charge in [0.1, 0.15) is 0 Å². The van der Waals surface area contributed by atoms with Crippen LogP contribution in [0.5, 0.6) is 0 Å². The molecule has 0 saturated heterocycles. The Labute approximate surface area is 180 Å². The Morgan fingerprint density at radius 1 is 0.643 bits per heavy atom. The van der Waals surface area contributed by atoms with Crippen LogP contribution in [0.2, 0.25) is 0 Å². The van der Waals surface area contributed by atoms with Crippen molar-refractivity contribution in [2.75, 3.05) is 5.32 Å². The number of nitrogens with zero attached hydrogens (tertiary/aromatic N) is 1. The van der Waals surface area contributed by atoms with Gasteiger partial charge in [-0.05, 0) is 48.5 Å². The summed E-state index contributed by atoms with van der Waals surface area (Å²) >= 11 is 7.26. The highest BCUT2D eigenvalue weighted by atomic mass is 79.9. The fourth-order valence-corrected chi connectivity index (χ4v) is 5.02. The molecule has 5 rings (SSSR count). The first kappa shape index (κ1) is 17.5. The van der Waals surface area contributed by atoms with E-state index in [2.05, 4.69) is 115 Å². The molecule has 0 bridgehead atoms. The van der Waals surface area contributed by atoms with Crippen LogP contribution in [0.15, 0.2) is 99.9 Å². The van der Waals surface area contributed by atoms with Gasteiger partial charge in [0, 0.05) is 36.8 Å². The smallest absolute Gasteiger partial charge is 0.0562 e. The molecule has 0 amide bonds. The molecule has 5 aromatic rings. The topological polar surface area (TPSA) is 17.0 Å². The van der Waals surface area contributed by atoms with E-state index in [0.29, 0.717) is 0 Å². The standard InChI is InChI=1S/C24H16Br2N2/c25-16-13-17(26)15-19(14-16)28-22-11-5-4-9-20(22)24-21(10-6-12-23(24)28)27-18-7-2-1-3-8-18/h1-15,27H. The maximum Gasteiger partial charge on any atom is 0.0562 e. The third kappa shape index (κ3) is 3.03. The van der Waals surface area contributed by atoms with E-state index in [4.69, 9.17) is 0 Å². The van der Waals surface area contributed by atoms with Crippen molar-refractivity contribution >= 4 is 65.0 Å². The third-order valence-electron chi connectivity index (χ3n) is 4.86.